The van der Waals surface area contributed by atoms with E-state index in [1.807, 2.05) is 48.5 Å². The third-order valence-electron chi connectivity index (χ3n) is 6.46. The summed E-state index contributed by atoms with van der Waals surface area (Å²) < 4.78 is 12.5. The number of likely N-dealkylation sites (N-methyl/N-ethyl adjacent to an activating group) is 1. The Morgan fingerprint density at radius 3 is 2.65 bits per heavy atom. The first-order valence-electron chi connectivity index (χ1n) is 11.1. The van der Waals surface area contributed by atoms with Crippen molar-refractivity contribution in [2.24, 2.45) is 0 Å². The molecule has 6 heteroatoms. The molecule has 0 atom stereocenters. The van der Waals surface area contributed by atoms with Crippen molar-refractivity contribution in [3.63, 3.8) is 0 Å². The molecule has 2 aromatic rings. The van der Waals surface area contributed by atoms with Crippen LogP contribution in [0.2, 0.25) is 0 Å². The number of amides is 1. The SMILES string of the molecule is CN(CCOc1cccc(CNC(=O)C2(c3ccc(Br)cc3)CC2)c1)C1CCOCC1. The van der Waals surface area contributed by atoms with Crippen molar-refractivity contribution >= 4 is 21.8 Å². The van der Waals surface area contributed by atoms with Crippen LogP contribution in [-0.2, 0) is 21.5 Å². The Balaban J connectivity index is 1.26. The molecule has 2 fully saturated rings. The average molecular weight is 487 g/mol. The molecule has 0 unspecified atom stereocenters. The summed E-state index contributed by atoms with van der Waals surface area (Å²) in [7, 11) is 2.16. The molecular formula is C25H31BrN2O3. The Morgan fingerprint density at radius 2 is 1.94 bits per heavy atom. The molecule has 166 valence electrons. The number of ether oxygens (including phenoxy) is 2. The zero-order chi connectivity index (χ0) is 21.7. The standard InChI is InChI=1S/C25H31BrN2O3/c1-28(22-9-14-30-15-10-22)13-16-31-23-4-2-3-19(17-23)18-27-24(29)25(11-12-25)20-5-7-21(26)8-6-20/h2-8,17,22H,9-16,18H2,1H3,(H,27,29). The molecule has 4 rings (SSSR count). The lowest BCUT2D eigenvalue weighted by Crippen LogP contribution is -2.38. The fourth-order valence-corrected chi connectivity index (χ4v) is 4.52. The van der Waals surface area contributed by atoms with Gasteiger partial charge in [-0.25, -0.2) is 0 Å². The highest BCUT2D eigenvalue weighted by Gasteiger charge is 2.51. The molecule has 1 saturated carbocycles. The maximum absolute atomic E-state index is 12.9. The molecule has 2 aromatic carbocycles. The highest BCUT2D eigenvalue weighted by molar-refractivity contribution is 9.10. The largest absolute Gasteiger partial charge is 0.492 e. The van der Waals surface area contributed by atoms with Gasteiger partial charge in [-0.3, -0.25) is 9.69 Å². The van der Waals surface area contributed by atoms with Crippen molar-refractivity contribution in [3.8, 4) is 5.75 Å². The van der Waals surface area contributed by atoms with Gasteiger partial charge in [-0.15, -0.1) is 0 Å². The van der Waals surface area contributed by atoms with E-state index in [4.69, 9.17) is 9.47 Å². The first kappa shape index (κ1) is 22.3. The van der Waals surface area contributed by atoms with Gasteiger partial charge < -0.3 is 14.8 Å². The highest BCUT2D eigenvalue weighted by Crippen LogP contribution is 2.48. The number of nitrogens with one attached hydrogen (secondary N) is 1. The van der Waals surface area contributed by atoms with Crippen molar-refractivity contribution in [1.29, 1.82) is 0 Å². The van der Waals surface area contributed by atoms with Crippen LogP contribution in [0.15, 0.2) is 53.0 Å². The van der Waals surface area contributed by atoms with E-state index >= 15 is 0 Å². The Labute approximate surface area is 193 Å². The number of hydrogen-bond acceptors (Lipinski definition) is 4. The van der Waals surface area contributed by atoms with E-state index in [0.717, 1.165) is 66.8 Å². The summed E-state index contributed by atoms with van der Waals surface area (Å²) >= 11 is 3.46. The maximum Gasteiger partial charge on any atom is 0.230 e. The topological polar surface area (TPSA) is 50.8 Å². The number of halogens is 1. The van der Waals surface area contributed by atoms with Crippen molar-refractivity contribution < 1.29 is 14.3 Å². The Hall–Kier alpha value is -1.89. The van der Waals surface area contributed by atoms with Crippen LogP contribution in [0.5, 0.6) is 5.75 Å². The lowest BCUT2D eigenvalue weighted by molar-refractivity contribution is -0.123. The molecule has 0 spiro atoms. The van der Waals surface area contributed by atoms with Gasteiger partial charge in [0.15, 0.2) is 0 Å². The second-order valence-electron chi connectivity index (χ2n) is 8.59. The molecule has 1 heterocycles. The molecule has 5 nitrogen and oxygen atoms in total. The summed E-state index contributed by atoms with van der Waals surface area (Å²) in [5.74, 6) is 0.959. The first-order chi connectivity index (χ1) is 15.1. The molecule has 1 N–H and O–H groups in total. The van der Waals surface area contributed by atoms with Crippen molar-refractivity contribution in [1.82, 2.24) is 10.2 Å². The van der Waals surface area contributed by atoms with Crippen LogP contribution in [0.3, 0.4) is 0 Å². The quantitative estimate of drug-likeness (QED) is 0.574. The van der Waals surface area contributed by atoms with Crippen molar-refractivity contribution in [3.05, 3.63) is 64.1 Å². The van der Waals surface area contributed by atoms with E-state index in [9.17, 15) is 4.79 Å². The summed E-state index contributed by atoms with van der Waals surface area (Å²) in [6.07, 6.45) is 4.00. The molecule has 1 amide bonds. The van der Waals surface area contributed by atoms with E-state index in [1.165, 1.54) is 0 Å². The molecule has 1 saturated heterocycles. The van der Waals surface area contributed by atoms with Crippen LogP contribution >= 0.6 is 15.9 Å². The lowest BCUT2D eigenvalue weighted by Gasteiger charge is -2.31. The fourth-order valence-electron chi connectivity index (χ4n) is 4.25. The van der Waals surface area contributed by atoms with Gasteiger partial charge in [0.2, 0.25) is 5.91 Å². The Bertz CT molecular complexity index is 877. The van der Waals surface area contributed by atoms with Crippen LogP contribution in [-0.4, -0.2) is 50.3 Å². The lowest BCUT2D eigenvalue weighted by atomic mass is 9.95. The van der Waals surface area contributed by atoms with Gasteiger partial charge >= 0.3 is 0 Å². The Kier molecular flexibility index (Phi) is 7.31. The molecule has 31 heavy (non-hydrogen) atoms. The van der Waals surface area contributed by atoms with Gasteiger partial charge in [-0.1, -0.05) is 40.2 Å². The average Bonchev–Trinajstić information content (AvgIpc) is 3.61. The normalized spacial score (nSPS) is 18.0. The molecule has 1 aliphatic carbocycles. The minimum atomic E-state index is -0.358. The number of carbonyl (C=O) groups is 1. The number of benzene rings is 2. The van der Waals surface area contributed by atoms with Crippen LogP contribution in [0.1, 0.15) is 36.8 Å². The minimum Gasteiger partial charge on any atom is -0.492 e. The molecule has 1 aliphatic heterocycles. The predicted molar refractivity (Wildman–Crippen MR) is 125 cm³/mol. The maximum atomic E-state index is 12.9. The predicted octanol–water partition coefficient (Wildman–Crippen LogP) is 4.29. The van der Waals surface area contributed by atoms with Crippen LogP contribution in [0.25, 0.3) is 0 Å². The monoisotopic (exact) mass is 486 g/mol. The zero-order valence-corrected chi connectivity index (χ0v) is 19.7. The third-order valence-corrected chi connectivity index (χ3v) is 6.99. The molecule has 0 aromatic heterocycles. The minimum absolute atomic E-state index is 0.110. The van der Waals surface area contributed by atoms with Gasteiger partial charge in [-0.05, 0) is 68.1 Å². The van der Waals surface area contributed by atoms with E-state index in [-0.39, 0.29) is 11.3 Å². The van der Waals surface area contributed by atoms with Crippen molar-refractivity contribution in [2.45, 2.75) is 43.7 Å². The highest BCUT2D eigenvalue weighted by atomic mass is 79.9. The molecule has 0 bridgehead atoms. The Morgan fingerprint density at radius 1 is 1.19 bits per heavy atom. The summed E-state index contributed by atoms with van der Waals surface area (Å²) in [5.41, 5.74) is 1.79. The summed E-state index contributed by atoms with van der Waals surface area (Å²) in [4.78, 5) is 15.3. The second kappa shape index (κ2) is 10.2. The van der Waals surface area contributed by atoms with Crippen LogP contribution in [0.4, 0.5) is 0 Å². The molecule has 2 aliphatic rings. The van der Waals surface area contributed by atoms with Gasteiger partial charge in [-0.2, -0.15) is 0 Å². The third kappa shape index (κ3) is 5.68. The molecular weight excluding hydrogens is 456 g/mol. The van der Waals surface area contributed by atoms with Gasteiger partial charge in [0.05, 0.1) is 5.41 Å². The summed E-state index contributed by atoms with van der Waals surface area (Å²) in [6.45, 7) is 3.76. The first-order valence-corrected chi connectivity index (χ1v) is 11.9. The van der Waals surface area contributed by atoms with Crippen molar-refractivity contribution in [2.75, 3.05) is 33.4 Å². The molecule has 0 radical (unpaired) electrons. The summed E-state index contributed by atoms with van der Waals surface area (Å²) in [6, 6.07) is 16.7. The van der Waals surface area contributed by atoms with Crippen LogP contribution < -0.4 is 10.1 Å². The van der Waals surface area contributed by atoms with Gasteiger partial charge in [0, 0.05) is 36.8 Å². The van der Waals surface area contributed by atoms with E-state index in [2.05, 4.69) is 33.2 Å². The van der Waals surface area contributed by atoms with E-state index in [0.29, 0.717) is 19.2 Å². The van der Waals surface area contributed by atoms with Gasteiger partial charge in [0.25, 0.3) is 0 Å². The fraction of sp³-hybridized carbons (Fsp3) is 0.480. The zero-order valence-electron chi connectivity index (χ0n) is 18.1. The second-order valence-corrected chi connectivity index (χ2v) is 9.51. The number of nitrogens with zero attached hydrogens (tertiary/aromatic N) is 1. The number of hydrogen-bond donors (Lipinski definition) is 1. The van der Waals surface area contributed by atoms with E-state index in [1.54, 1.807) is 0 Å². The number of carbonyl (C=O) groups excluding carboxylic acids is 1. The smallest absolute Gasteiger partial charge is 0.230 e. The van der Waals surface area contributed by atoms with E-state index < -0.39 is 0 Å². The van der Waals surface area contributed by atoms with Gasteiger partial charge in [0.1, 0.15) is 12.4 Å². The van der Waals surface area contributed by atoms with Crippen LogP contribution in [0, 0.1) is 0 Å². The number of rotatable bonds is 9. The summed E-state index contributed by atoms with van der Waals surface area (Å²) in [5, 5.41) is 3.13.